The lowest BCUT2D eigenvalue weighted by molar-refractivity contribution is 0.0869. The predicted molar refractivity (Wildman–Crippen MR) is 73.0 cm³/mol. The number of hydrogen-bond donors (Lipinski definition) is 0. The summed E-state index contributed by atoms with van der Waals surface area (Å²) in [5.41, 5.74) is 0.641. The van der Waals surface area contributed by atoms with Gasteiger partial charge in [0, 0.05) is 12.0 Å². The molecule has 1 aromatic rings. The summed E-state index contributed by atoms with van der Waals surface area (Å²) in [6.07, 6.45) is 5.58. The van der Waals surface area contributed by atoms with Gasteiger partial charge < -0.3 is 4.74 Å². The molecule has 18 heavy (non-hydrogen) atoms. The van der Waals surface area contributed by atoms with Gasteiger partial charge in [0.25, 0.3) is 0 Å². The van der Waals surface area contributed by atoms with Crippen molar-refractivity contribution in [3.05, 3.63) is 59.9 Å². The van der Waals surface area contributed by atoms with Gasteiger partial charge in [-0.25, -0.2) is 0 Å². The van der Waals surface area contributed by atoms with Gasteiger partial charge in [0.15, 0.2) is 12.4 Å². The Hall–Kier alpha value is -1.25. The number of carbonyl (C=O) groups is 1. The fourth-order valence-corrected chi connectivity index (χ4v) is 1.82. The maximum atomic E-state index is 11.8. The van der Waals surface area contributed by atoms with E-state index in [1.54, 1.807) is 30.4 Å². The van der Waals surface area contributed by atoms with E-state index in [1.807, 2.05) is 18.2 Å². The van der Waals surface area contributed by atoms with Crippen LogP contribution in [0.2, 0.25) is 0 Å². The first-order valence-corrected chi connectivity index (χ1v) is 6.31. The number of carbonyl (C=O) groups excluding carboxylic acids is 1. The Balaban J connectivity index is 1.89. The largest absolute Gasteiger partial charge is 0.486 e. The molecule has 1 aliphatic carbocycles. The van der Waals surface area contributed by atoms with Gasteiger partial charge in [-0.1, -0.05) is 53.5 Å². The minimum Gasteiger partial charge on any atom is -0.486 e. The second-order valence-corrected chi connectivity index (χ2v) is 5.53. The highest BCUT2D eigenvalue weighted by Gasteiger charge is 2.22. The Labute approximate surface area is 116 Å². The molecule has 0 radical (unpaired) electrons. The quantitative estimate of drug-likeness (QED) is 0.618. The van der Waals surface area contributed by atoms with Crippen LogP contribution in [0.5, 0.6) is 0 Å². The van der Waals surface area contributed by atoms with Gasteiger partial charge in [-0.2, -0.15) is 0 Å². The number of Topliss-reactive ketones (excluding diaryl/α,β-unsaturated/α-hetero) is 1. The highest BCUT2D eigenvalue weighted by molar-refractivity contribution is 6.50. The van der Waals surface area contributed by atoms with Crippen LogP contribution in [0.4, 0.5) is 0 Å². The van der Waals surface area contributed by atoms with Crippen molar-refractivity contribution in [3.63, 3.8) is 0 Å². The predicted octanol–water partition coefficient (Wildman–Crippen LogP) is 3.90. The number of alkyl halides is 2. The molecule has 2 nitrogen and oxygen atoms in total. The van der Waals surface area contributed by atoms with Crippen LogP contribution >= 0.6 is 23.2 Å². The normalized spacial score (nSPS) is 17.1. The van der Waals surface area contributed by atoms with E-state index >= 15 is 0 Å². The molecule has 2 rings (SSSR count). The van der Waals surface area contributed by atoms with Gasteiger partial charge in [0.1, 0.15) is 10.1 Å². The minimum atomic E-state index is -0.865. The SMILES string of the molecule is O=C(COC1=CCC(Cl)(Cl)C=C1)c1ccccc1. The van der Waals surface area contributed by atoms with Crippen molar-refractivity contribution in [2.24, 2.45) is 0 Å². The molecule has 0 heterocycles. The smallest absolute Gasteiger partial charge is 0.200 e. The van der Waals surface area contributed by atoms with Crippen molar-refractivity contribution in [1.29, 1.82) is 0 Å². The van der Waals surface area contributed by atoms with E-state index in [9.17, 15) is 4.79 Å². The van der Waals surface area contributed by atoms with Crippen molar-refractivity contribution >= 4 is 29.0 Å². The Morgan fingerprint density at radius 3 is 2.61 bits per heavy atom. The van der Waals surface area contributed by atoms with Gasteiger partial charge >= 0.3 is 0 Å². The second-order valence-electron chi connectivity index (χ2n) is 3.98. The molecule has 1 aliphatic rings. The first-order chi connectivity index (χ1) is 8.57. The summed E-state index contributed by atoms with van der Waals surface area (Å²) in [6.45, 7) is 0.0117. The van der Waals surface area contributed by atoms with E-state index in [2.05, 4.69) is 0 Å². The van der Waals surface area contributed by atoms with Crippen molar-refractivity contribution < 1.29 is 9.53 Å². The topological polar surface area (TPSA) is 26.3 Å². The van der Waals surface area contributed by atoms with Crippen LogP contribution in [0.15, 0.2) is 54.3 Å². The summed E-state index contributed by atoms with van der Waals surface area (Å²) < 4.78 is 4.54. The van der Waals surface area contributed by atoms with Crippen LogP contribution in [0.25, 0.3) is 0 Å². The van der Waals surface area contributed by atoms with Crippen LogP contribution in [-0.4, -0.2) is 16.7 Å². The van der Waals surface area contributed by atoms with E-state index in [1.165, 1.54) is 0 Å². The molecule has 0 fully saturated rings. The summed E-state index contributed by atoms with van der Waals surface area (Å²) in [6, 6.07) is 9.04. The minimum absolute atomic E-state index is 0.0117. The Morgan fingerprint density at radius 2 is 2.00 bits per heavy atom. The molecule has 0 aromatic heterocycles. The molecular formula is C14H12Cl2O2. The first-order valence-electron chi connectivity index (χ1n) is 5.55. The maximum Gasteiger partial charge on any atom is 0.200 e. The number of ether oxygens (including phenoxy) is 1. The Morgan fingerprint density at radius 1 is 1.28 bits per heavy atom. The summed E-state index contributed by atoms with van der Waals surface area (Å²) in [5.74, 6) is 0.565. The lowest BCUT2D eigenvalue weighted by atomic mass is 10.1. The zero-order chi connectivity index (χ0) is 13.0. The number of benzene rings is 1. The van der Waals surface area contributed by atoms with Crippen LogP contribution in [0.1, 0.15) is 16.8 Å². The summed E-state index contributed by atoms with van der Waals surface area (Å²) in [7, 11) is 0. The Bertz CT molecular complexity index is 490. The van der Waals surface area contributed by atoms with Crippen LogP contribution < -0.4 is 0 Å². The van der Waals surface area contributed by atoms with Gasteiger partial charge in [-0.05, 0) is 18.2 Å². The fourth-order valence-electron chi connectivity index (χ4n) is 1.54. The molecule has 0 N–H and O–H groups in total. The molecular weight excluding hydrogens is 271 g/mol. The van der Waals surface area contributed by atoms with E-state index in [0.29, 0.717) is 17.7 Å². The molecule has 0 unspecified atom stereocenters. The second kappa shape index (κ2) is 5.59. The van der Waals surface area contributed by atoms with Gasteiger partial charge in [-0.15, -0.1) is 0 Å². The highest BCUT2D eigenvalue weighted by atomic mass is 35.5. The Kier molecular flexibility index (Phi) is 4.10. The van der Waals surface area contributed by atoms with Crippen molar-refractivity contribution in [2.45, 2.75) is 10.8 Å². The van der Waals surface area contributed by atoms with E-state index in [0.717, 1.165) is 0 Å². The van der Waals surface area contributed by atoms with E-state index in [4.69, 9.17) is 27.9 Å². The number of allylic oxidation sites excluding steroid dienone is 3. The zero-order valence-corrected chi connectivity index (χ0v) is 11.1. The lowest BCUT2D eigenvalue weighted by Crippen LogP contribution is -2.13. The first kappa shape index (κ1) is 13.2. The molecule has 0 saturated carbocycles. The number of rotatable bonds is 4. The van der Waals surface area contributed by atoms with Crippen molar-refractivity contribution in [3.8, 4) is 0 Å². The standard InChI is InChI=1S/C14H12Cl2O2/c15-14(16)8-6-12(7-9-14)18-10-13(17)11-4-2-1-3-5-11/h1-8H,9-10H2. The van der Waals surface area contributed by atoms with E-state index < -0.39 is 4.33 Å². The fraction of sp³-hybridized carbons (Fsp3) is 0.214. The number of ketones is 1. The van der Waals surface area contributed by atoms with Crippen LogP contribution in [-0.2, 0) is 4.74 Å². The average Bonchev–Trinajstić information content (AvgIpc) is 2.38. The molecule has 0 amide bonds. The van der Waals surface area contributed by atoms with Crippen LogP contribution in [0, 0.1) is 0 Å². The number of halogens is 2. The van der Waals surface area contributed by atoms with Crippen LogP contribution in [0.3, 0.4) is 0 Å². The maximum absolute atomic E-state index is 11.8. The molecule has 94 valence electrons. The molecule has 0 atom stereocenters. The average molecular weight is 283 g/mol. The molecule has 0 saturated heterocycles. The molecule has 0 spiro atoms. The summed E-state index contributed by atoms with van der Waals surface area (Å²) in [5, 5.41) is 0. The summed E-state index contributed by atoms with van der Waals surface area (Å²) >= 11 is 11.8. The third-order valence-corrected chi connectivity index (χ3v) is 3.09. The molecule has 0 aliphatic heterocycles. The van der Waals surface area contributed by atoms with E-state index in [-0.39, 0.29) is 12.4 Å². The highest BCUT2D eigenvalue weighted by Crippen LogP contribution is 2.31. The van der Waals surface area contributed by atoms with Gasteiger partial charge in [-0.3, -0.25) is 4.79 Å². The molecule has 4 heteroatoms. The molecule has 1 aromatic carbocycles. The number of hydrogen-bond acceptors (Lipinski definition) is 2. The third kappa shape index (κ3) is 3.62. The lowest BCUT2D eigenvalue weighted by Gasteiger charge is -2.18. The van der Waals surface area contributed by atoms with Crippen molar-refractivity contribution in [1.82, 2.24) is 0 Å². The zero-order valence-electron chi connectivity index (χ0n) is 9.61. The summed E-state index contributed by atoms with van der Waals surface area (Å²) in [4.78, 5) is 11.8. The van der Waals surface area contributed by atoms with Gasteiger partial charge in [0.2, 0.25) is 0 Å². The van der Waals surface area contributed by atoms with Gasteiger partial charge in [0.05, 0.1) is 0 Å². The monoisotopic (exact) mass is 282 g/mol. The van der Waals surface area contributed by atoms with Crippen molar-refractivity contribution in [2.75, 3.05) is 6.61 Å². The third-order valence-electron chi connectivity index (χ3n) is 2.53. The molecule has 0 bridgehead atoms.